The number of carbonyl (C=O) groups excluding carboxylic acids is 1. The molecule has 1 aromatic rings. The first-order valence-corrected chi connectivity index (χ1v) is 11.5. The monoisotopic (exact) mass is 428 g/mol. The Bertz CT molecular complexity index is 799. The number of hydrogen-bond acceptors (Lipinski definition) is 5. The van der Waals surface area contributed by atoms with Crippen LogP contribution in [0.25, 0.3) is 0 Å². The lowest BCUT2D eigenvalue weighted by Crippen LogP contribution is -2.41. The summed E-state index contributed by atoms with van der Waals surface area (Å²) < 4.78 is 41.5. The van der Waals surface area contributed by atoms with Gasteiger partial charge in [-0.2, -0.15) is 0 Å². The molecule has 8 nitrogen and oxygen atoms in total. The summed E-state index contributed by atoms with van der Waals surface area (Å²) in [6, 6.07) is 5.51. The van der Waals surface area contributed by atoms with Gasteiger partial charge in [0.15, 0.2) is 15.8 Å². The first-order chi connectivity index (χ1) is 13.8. The Morgan fingerprint density at radius 1 is 1.31 bits per heavy atom. The largest absolute Gasteiger partial charge is 0.489 e. The molecule has 1 saturated heterocycles. The second-order valence-corrected chi connectivity index (χ2v) is 9.17. The van der Waals surface area contributed by atoms with Gasteiger partial charge in [-0.05, 0) is 44.5 Å². The van der Waals surface area contributed by atoms with Crippen molar-refractivity contribution in [2.45, 2.75) is 38.8 Å². The number of nitrogens with zero attached hydrogens (tertiary/aromatic N) is 1. The van der Waals surface area contributed by atoms with Gasteiger partial charge in [-0.15, -0.1) is 0 Å². The fourth-order valence-corrected chi connectivity index (χ4v) is 4.52. The molecule has 2 atom stereocenters. The lowest BCUT2D eigenvalue weighted by Gasteiger charge is -2.15. The van der Waals surface area contributed by atoms with Gasteiger partial charge < -0.3 is 20.7 Å². The van der Waals surface area contributed by atoms with E-state index in [4.69, 9.17) is 4.74 Å². The van der Waals surface area contributed by atoms with Crippen LogP contribution in [0.2, 0.25) is 0 Å². The number of rotatable bonds is 9. The number of amides is 1. The van der Waals surface area contributed by atoms with Gasteiger partial charge in [0.1, 0.15) is 17.7 Å². The van der Waals surface area contributed by atoms with Crippen LogP contribution in [-0.2, 0) is 14.6 Å². The average molecular weight is 429 g/mol. The molecule has 1 heterocycles. The zero-order valence-electron chi connectivity index (χ0n) is 16.8. The minimum absolute atomic E-state index is 0.0161. The first kappa shape index (κ1) is 22.9. The Morgan fingerprint density at radius 3 is 2.66 bits per heavy atom. The maximum Gasteiger partial charge on any atom is 0.222 e. The molecule has 0 saturated carbocycles. The van der Waals surface area contributed by atoms with E-state index < -0.39 is 9.84 Å². The minimum Gasteiger partial charge on any atom is -0.489 e. The molecular weight excluding hydrogens is 399 g/mol. The smallest absolute Gasteiger partial charge is 0.222 e. The molecule has 0 aliphatic carbocycles. The van der Waals surface area contributed by atoms with Gasteiger partial charge in [0.2, 0.25) is 5.91 Å². The van der Waals surface area contributed by atoms with Gasteiger partial charge in [0.05, 0.1) is 18.1 Å². The summed E-state index contributed by atoms with van der Waals surface area (Å²) in [5, 5.41) is 8.92. The van der Waals surface area contributed by atoms with Gasteiger partial charge in [0, 0.05) is 25.6 Å². The molecule has 1 fully saturated rings. The number of hydrogen-bond donors (Lipinski definition) is 3. The van der Waals surface area contributed by atoms with E-state index in [0.717, 1.165) is 0 Å². The van der Waals surface area contributed by atoms with Crippen molar-refractivity contribution in [1.29, 1.82) is 0 Å². The van der Waals surface area contributed by atoms with E-state index in [1.165, 1.54) is 12.1 Å². The molecule has 2 unspecified atom stereocenters. The predicted molar refractivity (Wildman–Crippen MR) is 110 cm³/mol. The summed E-state index contributed by atoms with van der Waals surface area (Å²) in [4.78, 5) is 16.4. The second-order valence-electron chi connectivity index (χ2n) is 6.95. The van der Waals surface area contributed by atoms with Crippen molar-refractivity contribution in [1.82, 2.24) is 16.0 Å². The third kappa shape index (κ3) is 8.68. The molecule has 1 aromatic carbocycles. The fourth-order valence-electron chi connectivity index (χ4n) is 2.85. The van der Waals surface area contributed by atoms with E-state index in [1.807, 2.05) is 13.8 Å². The first-order valence-electron chi connectivity index (χ1n) is 9.71. The number of guanidine groups is 1. The van der Waals surface area contributed by atoms with Crippen molar-refractivity contribution >= 4 is 21.7 Å². The van der Waals surface area contributed by atoms with Gasteiger partial charge in [-0.25, -0.2) is 17.8 Å². The molecule has 0 bridgehead atoms. The molecular formula is C19H29FN4O4S. The van der Waals surface area contributed by atoms with Crippen molar-refractivity contribution in [2.24, 2.45) is 4.99 Å². The SMILES string of the molecule is CCNC(=NCC(C)Oc1ccc(F)cc1)NCCC(=O)NC1CCS(=O)(=O)C1. The standard InChI is InChI=1S/C19H29FN4O4S/c1-3-21-19(23-12-14(2)28-17-6-4-15(20)5-7-17)22-10-8-18(25)24-16-9-11-29(26,27)13-16/h4-7,14,16H,3,8-13H2,1-2H3,(H,24,25)(H2,21,22,23). The zero-order valence-corrected chi connectivity index (χ0v) is 17.6. The molecule has 2 rings (SSSR count). The predicted octanol–water partition coefficient (Wildman–Crippen LogP) is 0.842. The highest BCUT2D eigenvalue weighted by Crippen LogP contribution is 2.13. The van der Waals surface area contributed by atoms with Crippen molar-refractivity contribution < 1.29 is 22.3 Å². The lowest BCUT2D eigenvalue weighted by atomic mass is 10.2. The highest BCUT2D eigenvalue weighted by Gasteiger charge is 2.28. The lowest BCUT2D eigenvalue weighted by molar-refractivity contribution is -0.121. The van der Waals surface area contributed by atoms with Crippen LogP contribution >= 0.6 is 0 Å². The van der Waals surface area contributed by atoms with Crippen molar-refractivity contribution in [3.05, 3.63) is 30.1 Å². The number of ether oxygens (including phenoxy) is 1. The quantitative estimate of drug-likeness (QED) is 0.397. The van der Waals surface area contributed by atoms with Gasteiger partial charge in [0.25, 0.3) is 0 Å². The van der Waals surface area contributed by atoms with Crippen LogP contribution in [0.4, 0.5) is 4.39 Å². The van der Waals surface area contributed by atoms with Crippen LogP contribution in [0.3, 0.4) is 0 Å². The highest BCUT2D eigenvalue weighted by atomic mass is 32.2. The molecule has 3 N–H and O–H groups in total. The summed E-state index contributed by atoms with van der Waals surface area (Å²) in [7, 11) is -3.01. The summed E-state index contributed by atoms with van der Waals surface area (Å²) in [5.74, 6) is 0.757. The normalized spacial score (nSPS) is 19.4. The molecule has 10 heteroatoms. The van der Waals surface area contributed by atoms with Gasteiger partial charge in [-0.3, -0.25) is 4.79 Å². The Hall–Kier alpha value is -2.36. The molecule has 162 valence electrons. The Morgan fingerprint density at radius 2 is 2.03 bits per heavy atom. The molecule has 1 amide bonds. The number of carbonyl (C=O) groups is 1. The Labute approximate surface area is 171 Å². The maximum atomic E-state index is 12.9. The fraction of sp³-hybridized carbons (Fsp3) is 0.579. The van der Waals surface area contributed by atoms with Crippen LogP contribution in [-0.4, -0.2) is 63.6 Å². The van der Waals surface area contributed by atoms with Gasteiger partial charge >= 0.3 is 0 Å². The van der Waals surface area contributed by atoms with Gasteiger partial charge in [-0.1, -0.05) is 0 Å². The highest BCUT2D eigenvalue weighted by molar-refractivity contribution is 7.91. The summed E-state index contributed by atoms with van der Waals surface area (Å²) in [6.07, 6.45) is 0.462. The van der Waals surface area contributed by atoms with Crippen LogP contribution in [0.1, 0.15) is 26.7 Å². The summed E-state index contributed by atoms with van der Waals surface area (Å²) >= 11 is 0. The van der Waals surface area contributed by atoms with E-state index in [2.05, 4.69) is 20.9 Å². The number of nitrogens with one attached hydrogen (secondary N) is 3. The molecule has 1 aliphatic rings. The Balaban J connectivity index is 1.73. The maximum absolute atomic E-state index is 12.9. The molecule has 0 spiro atoms. The van der Waals surface area contributed by atoms with E-state index in [-0.39, 0.29) is 41.8 Å². The number of aliphatic imine (C=N–C) groups is 1. The van der Waals surface area contributed by atoms with Crippen LogP contribution in [0, 0.1) is 5.82 Å². The molecule has 0 radical (unpaired) electrons. The van der Waals surface area contributed by atoms with E-state index in [0.29, 0.717) is 37.8 Å². The van der Waals surface area contributed by atoms with Crippen LogP contribution in [0.15, 0.2) is 29.3 Å². The Kier molecular flexibility index (Phi) is 8.69. The topological polar surface area (TPSA) is 109 Å². The number of sulfone groups is 1. The third-order valence-electron chi connectivity index (χ3n) is 4.24. The number of halogens is 1. The van der Waals surface area contributed by atoms with E-state index in [9.17, 15) is 17.6 Å². The number of benzene rings is 1. The van der Waals surface area contributed by atoms with E-state index >= 15 is 0 Å². The summed E-state index contributed by atoms with van der Waals surface area (Å²) in [6.45, 7) is 5.19. The zero-order chi connectivity index (χ0) is 21.3. The molecule has 1 aliphatic heterocycles. The van der Waals surface area contributed by atoms with Crippen molar-refractivity contribution in [3.63, 3.8) is 0 Å². The van der Waals surface area contributed by atoms with Crippen molar-refractivity contribution in [2.75, 3.05) is 31.1 Å². The third-order valence-corrected chi connectivity index (χ3v) is 6.01. The molecule has 29 heavy (non-hydrogen) atoms. The average Bonchev–Trinajstić information content (AvgIpc) is 3.00. The van der Waals surface area contributed by atoms with Crippen LogP contribution < -0.4 is 20.7 Å². The second kappa shape index (κ2) is 11.0. The van der Waals surface area contributed by atoms with Crippen LogP contribution in [0.5, 0.6) is 5.75 Å². The summed E-state index contributed by atoms with van der Waals surface area (Å²) in [5.41, 5.74) is 0. The minimum atomic E-state index is -3.01. The molecule has 0 aromatic heterocycles. The van der Waals surface area contributed by atoms with E-state index in [1.54, 1.807) is 12.1 Å². The van der Waals surface area contributed by atoms with Crippen molar-refractivity contribution in [3.8, 4) is 5.75 Å².